The predicted molar refractivity (Wildman–Crippen MR) is 383 cm³/mol. The van der Waals surface area contributed by atoms with Crippen LogP contribution in [-0.2, 0) is 49.5 Å². The lowest BCUT2D eigenvalue weighted by Crippen LogP contribution is -2.47. The van der Waals surface area contributed by atoms with E-state index in [1.54, 1.807) is 12.1 Å². The summed E-state index contributed by atoms with van der Waals surface area (Å²) in [5, 5.41) is 3.85. The number of phenolic OH excluding ortho intramolecular Hbond substituents is 1. The van der Waals surface area contributed by atoms with Crippen LogP contribution < -0.4 is 14.2 Å². The maximum atomic E-state index is 12.9. The zero-order valence-electron chi connectivity index (χ0n) is 59.7. The Labute approximate surface area is 590 Å². The molecule has 0 heterocycles. The Balaban J connectivity index is 0.000000165. The molecule has 0 aromatic heterocycles. The van der Waals surface area contributed by atoms with Gasteiger partial charge >= 0.3 is 17.2 Å². The number of phenols is 1. The van der Waals surface area contributed by atoms with E-state index in [2.05, 4.69) is 176 Å². The van der Waals surface area contributed by atoms with Gasteiger partial charge in [-0.15, -0.1) is 0 Å². The Kier molecular flexibility index (Phi) is 27.4. The monoisotopic (exact) mass is 1400 g/mol. The molecule has 0 spiro atoms. The van der Waals surface area contributed by atoms with Crippen LogP contribution in [-0.4, -0.2) is 80.4 Å². The van der Waals surface area contributed by atoms with Gasteiger partial charge in [-0.3, -0.25) is 4.79 Å². The van der Waals surface area contributed by atoms with Crippen molar-refractivity contribution in [3.8, 4) is 23.0 Å². The molecule has 6 aromatic carbocycles. The van der Waals surface area contributed by atoms with E-state index in [1.165, 1.54) is 89.2 Å². The second-order valence-corrected chi connectivity index (χ2v) is 32.3. The van der Waals surface area contributed by atoms with Gasteiger partial charge in [-0.25, -0.2) is 13.2 Å². The average Bonchev–Trinajstić information content (AvgIpc) is 1.74. The maximum Gasteiger partial charge on any atom is 0.428 e. The van der Waals surface area contributed by atoms with Crippen molar-refractivity contribution < 1.29 is 69.6 Å². The van der Waals surface area contributed by atoms with Crippen LogP contribution in [0.2, 0.25) is 0 Å². The molecular weight excluding hydrogens is 1300 g/mol. The lowest BCUT2D eigenvalue weighted by molar-refractivity contribution is -0.166. The highest BCUT2D eigenvalue weighted by Crippen LogP contribution is 2.62. The van der Waals surface area contributed by atoms with E-state index in [1.807, 2.05) is 31.2 Å². The van der Waals surface area contributed by atoms with Crippen LogP contribution in [0.1, 0.15) is 197 Å². The number of hydrogen-bond donors (Lipinski definition) is 1. The third-order valence-electron chi connectivity index (χ3n) is 21.7. The minimum Gasteiger partial charge on any atom is -0.743 e. The molecule has 99 heavy (non-hydrogen) atoms. The van der Waals surface area contributed by atoms with Crippen molar-refractivity contribution >= 4 is 33.0 Å². The van der Waals surface area contributed by atoms with Crippen LogP contribution in [0.3, 0.4) is 0 Å². The summed E-state index contributed by atoms with van der Waals surface area (Å²) in [5.74, 6) is 7.57. The summed E-state index contributed by atoms with van der Waals surface area (Å²) in [6, 6.07) is 50.3. The van der Waals surface area contributed by atoms with Gasteiger partial charge in [0, 0.05) is 12.1 Å². The van der Waals surface area contributed by atoms with Crippen molar-refractivity contribution in [3.05, 3.63) is 173 Å². The molecule has 7 aliphatic rings. The molecule has 538 valence electrons. The summed E-state index contributed by atoms with van der Waals surface area (Å²) in [6.45, 7) is 21.2. The second kappa shape index (κ2) is 35.4. The van der Waals surface area contributed by atoms with Gasteiger partial charge < -0.3 is 42.8 Å². The molecule has 7 fully saturated rings. The highest BCUT2D eigenvalue weighted by atomic mass is 32.2. The number of benzene rings is 6. The number of rotatable bonds is 27. The van der Waals surface area contributed by atoms with E-state index in [0.29, 0.717) is 60.6 Å². The number of ether oxygens (including phenoxy) is 7. The first-order valence-electron chi connectivity index (χ1n) is 36.2. The van der Waals surface area contributed by atoms with Crippen molar-refractivity contribution in [2.45, 2.75) is 222 Å². The summed E-state index contributed by atoms with van der Waals surface area (Å²) in [5.41, 5.74) is 6.25. The Morgan fingerprint density at radius 2 is 1.05 bits per heavy atom. The van der Waals surface area contributed by atoms with E-state index in [-0.39, 0.29) is 35.3 Å². The lowest BCUT2D eigenvalue weighted by Gasteiger charge is -2.56. The van der Waals surface area contributed by atoms with E-state index >= 15 is 0 Å². The van der Waals surface area contributed by atoms with Gasteiger partial charge in [0.05, 0.1) is 30.0 Å². The first-order chi connectivity index (χ1) is 47.4. The largest absolute Gasteiger partial charge is 0.743 e. The molecule has 7 aliphatic carbocycles. The SMILES string of the molecule is CCC(C)c1ccc(O)cc1.CCC(C)c1ccc(OC(C)OC2CC3CC2C2CCCC32)cc1.CCC(C)c1ccc(OC(C)OCCOc2c(C)cc([S+](c3ccccc3)c3ccccc3)cc2C)cc1.O=C(CC12CC3CC(CC(C3)C1)C2)OCCOC(=O)C(F)(F)S(=O)(=O)[O-]. The fourth-order valence-corrected chi connectivity index (χ4v) is 19.1. The van der Waals surface area contributed by atoms with Gasteiger partial charge in [0.25, 0.3) is 0 Å². The first kappa shape index (κ1) is 76.7. The summed E-state index contributed by atoms with van der Waals surface area (Å²) < 4.78 is 96.1. The number of hydrogen-bond acceptors (Lipinski definition) is 13. The fraction of sp³-hybridized carbons (Fsp3) is 0.537. The summed E-state index contributed by atoms with van der Waals surface area (Å²) in [4.78, 5) is 26.9. The van der Waals surface area contributed by atoms with Crippen LogP contribution in [0.25, 0.3) is 0 Å². The number of aromatic hydroxyl groups is 1. The van der Waals surface area contributed by atoms with Gasteiger partial charge in [-0.2, -0.15) is 8.78 Å². The normalized spacial score (nSPS) is 23.9. The highest BCUT2D eigenvalue weighted by molar-refractivity contribution is 7.97. The third kappa shape index (κ3) is 20.6. The van der Waals surface area contributed by atoms with Crippen molar-refractivity contribution in [1.29, 1.82) is 0 Å². The number of carbonyl (C=O) groups excluding carboxylic acids is 2. The zero-order valence-corrected chi connectivity index (χ0v) is 61.3. The Morgan fingerprint density at radius 1 is 0.586 bits per heavy atom. The van der Waals surface area contributed by atoms with Gasteiger partial charge in [0.1, 0.15) is 42.8 Å². The van der Waals surface area contributed by atoms with Crippen LogP contribution >= 0.6 is 0 Å². The predicted octanol–water partition coefficient (Wildman–Crippen LogP) is 19.2. The quantitative estimate of drug-likeness (QED) is 0.0170. The molecule has 10 unspecified atom stereocenters. The van der Waals surface area contributed by atoms with Crippen LogP contribution in [0.4, 0.5) is 8.78 Å². The minimum absolute atomic E-state index is 0.0355. The fourth-order valence-electron chi connectivity index (χ4n) is 16.6. The Bertz CT molecular complexity index is 3510. The smallest absolute Gasteiger partial charge is 0.428 e. The molecule has 0 saturated heterocycles. The molecule has 0 aliphatic heterocycles. The number of carbonyl (C=O) groups is 2. The number of esters is 2. The minimum atomic E-state index is -6.15. The van der Waals surface area contributed by atoms with Gasteiger partial charge in [0.2, 0.25) is 0 Å². The number of halogens is 2. The summed E-state index contributed by atoms with van der Waals surface area (Å²) in [6.07, 6.45) is 17.4. The zero-order chi connectivity index (χ0) is 71.0. The molecule has 6 bridgehead atoms. The maximum absolute atomic E-state index is 12.9. The molecule has 1 N–H and O–H groups in total. The van der Waals surface area contributed by atoms with E-state index < -0.39 is 40.5 Å². The van der Waals surface area contributed by atoms with Crippen molar-refractivity contribution in [1.82, 2.24) is 0 Å². The van der Waals surface area contributed by atoms with Gasteiger partial charge in [0.15, 0.2) is 37.4 Å². The molecule has 13 nitrogen and oxygen atoms in total. The molecule has 0 amide bonds. The van der Waals surface area contributed by atoms with Crippen molar-refractivity contribution in [3.63, 3.8) is 0 Å². The first-order valence-corrected chi connectivity index (χ1v) is 38.8. The molecule has 17 heteroatoms. The van der Waals surface area contributed by atoms with Crippen LogP contribution in [0.15, 0.2) is 160 Å². The van der Waals surface area contributed by atoms with Crippen LogP contribution in [0.5, 0.6) is 23.0 Å². The second-order valence-electron chi connectivity index (χ2n) is 28.8. The van der Waals surface area contributed by atoms with Gasteiger partial charge in [-0.05, 0) is 264 Å². The Morgan fingerprint density at radius 3 is 1.54 bits per heavy atom. The topological polar surface area (TPSA) is 176 Å². The van der Waals surface area contributed by atoms with E-state index in [0.717, 1.165) is 84.2 Å². The standard InChI is InChI=1S/C34H39O3S.C22H32O2.C16H22F2O7S.C10H14O/c1-6-25(2)29-17-19-30(20-18-29)37-28(5)35-21-22-36-34-26(3)23-33(24-27(34)4)38(31-13-9-7-10-14-31)32-15-11-8-12-16-32;1-4-14(2)16-8-10-18(11-9-16)23-15(3)24-22-13-17-12-21(22)20-7-5-6-19(17)20;17-16(18,26(21,22)23)14(20)25-2-1-24-13(19)9-15-6-10-3-11(7-15)5-12(4-10)8-15;1-3-8(2)9-4-6-10(11)7-5-9/h7-20,23-25,28H,6,21-22H2,1-5H3;8-11,14-15,17,19-22H,4-7,12-13H2,1-3H3;10-12H,1-9H2,(H,21,22,23);4-8,11H,3H2,1-2H3/q+1;;;/p-1. The molecule has 0 radical (unpaired) electrons. The lowest BCUT2D eigenvalue weighted by atomic mass is 9.49. The highest BCUT2D eigenvalue weighted by Gasteiger charge is 2.55. The molecule has 6 aromatic rings. The number of fused-ring (bicyclic) bond motifs is 5. The Hall–Kier alpha value is -6.50. The van der Waals surface area contributed by atoms with Crippen molar-refractivity contribution in [2.24, 2.45) is 46.8 Å². The summed E-state index contributed by atoms with van der Waals surface area (Å²) >= 11 is 0. The number of alkyl halides is 2. The molecule has 7 saturated carbocycles. The third-order valence-corrected chi connectivity index (χ3v) is 24.6. The van der Waals surface area contributed by atoms with E-state index in [9.17, 15) is 31.3 Å². The van der Waals surface area contributed by atoms with Crippen LogP contribution in [0, 0.1) is 60.7 Å². The average molecular weight is 1400 g/mol. The molecular formula is C82H106F2O13S2. The van der Waals surface area contributed by atoms with E-state index in [4.69, 9.17) is 33.5 Å². The van der Waals surface area contributed by atoms with Gasteiger partial charge in [-0.1, -0.05) is 121 Å². The summed E-state index contributed by atoms with van der Waals surface area (Å²) in [7, 11) is -6.33. The molecule has 10 atom stereocenters. The van der Waals surface area contributed by atoms with Crippen molar-refractivity contribution in [2.75, 3.05) is 26.4 Å². The number of aryl methyl sites for hydroxylation is 2. The molecule has 13 rings (SSSR count).